The number of carbonyl (C=O) groups is 1. The Morgan fingerprint density at radius 3 is 2.79 bits per heavy atom. The summed E-state index contributed by atoms with van der Waals surface area (Å²) in [5, 5.41) is 7.17. The molecule has 1 amide bonds. The molecule has 0 radical (unpaired) electrons. The van der Waals surface area contributed by atoms with Crippen molar-refractivity contribution in [3.05, 3.63) is 58.9 Å². The van der Waals surface area contributed by atoms with Crippen molar-refractivity contribution in [2.45, 2.75) is 51.5 Å². The lowest BCUT2D eigenvalue weighted by molar-refractivity contribution is -0.113. The second-order valence-corrected chi connectivity index (χ2v) is 7.58. The number of rotatable bonds is 8. The SMILES string of the molecule is Cc1ccc(NCc2ccc(C3CCCCC3)nc2)cc1/C=N\N(C=O)SF. The van der Waals surface area contributed by atoms with Gasteiger partial charge in [0.2, 0.25) is 6.41 Å². The minimum atomic E-state index is -0.237. The van der Waals surface area contributed by atoms with Gasteiger partial charge in [0.1, 0.15) is 0 Å². The van der Waals surface area contributed by atoms with Crippen LogP contribution in [0.2, 0.25) is 0 Å². The van der Waals surface area contributed by atoms with E-state index in [2.05, 4.69) is 27.5 Å². The Labute approximate surface area is 169 Å². The first-order valence-corrected chi connectivity index (χ1v) is 10.2. The number of anilines is 1. The van der Waals surface area contributed by atoms with Crippen molar-refractivity contribution in [3.63, 3.8) is 0 Å². The molecular formula is C21H25FN4OS. The summed E-state index contributed by atoms with van der Waals surface area (Å²) in [6.45, 7) is 2.60. The molecule has 0 aliphatic heterocycles. The molecule has 148 valence electrons. The third-order valence-corrected chi connectivity index (χ3v) is 5.44. The Bertz CT molecular complexity index is 807. The van der Waals surface area contributed by atoms with Crippen LogP contribution in [0.4, 0.5) is 9.57 Å². The number of aryl methyl sites for hydroxylation is 1. The van der Waals surface area contributed by atoms with Crippen molar-refractivity contribution in [1.82, 2.24) is 9.40 Å². The van der Waals surface area contributed by atoms with Crippen molar-refractivity contribution in [2.24, 2.45) is 5.10 Å². The van der Waals surface area contributed by atoms with Gasteiger partial charge in [0.05, 0.1) is 6.21 Å². The molecule has 3 rings (SSSR count). The van der Waals surface area contributed by atoms with Gasteiger partial charge in [-0.3, -0.25) is 9.78 Å². The van der Waals surface area contributed by atoms with Crippen LogP contribution in [-0.2, 0) is 11.3 Å². The van der Waals surface area contributed by atoms with E-state index in [1.54, 1.807) is 0 Å². The number of pyridine rings is 1. The van der Waals surface area contributed by atoms with E-state index >= 15 is 0 Å². The number of benzene rings is 1. The van der Waals surface area contributed by atoms with Crippen LogP contribution in [0.1, 0.15) is 60.4 Å². The van der Waals surface area contributed by atoms with Crippen LogP contribution >= 0.6 is 12.3 Å². The standard InChI is InChI=1S/C21H25FN4OS/c1-16-7-9-20(11-19(16)14-25-26(15-27)28-22)23-12-17-8-10-21(24-13-17)18-5-3-2-4-6-18/h7-11,13-15,18,23H,2-6,12H2,1H3/b25-14-. The predicted octanol–water partition coefficient (Wildman–Crippen LogP) is 5.37. The molecule has 1 aliphatic carbocycles. The van der Waals surface area contributed by atoms with E-state index in [9.17, 15) is 8.68 Å². The van der Waals surface area contributed by atoms with Crippen molar-refractivity contribution >= 4 is 30.6 Å². The van der Waals surface area contributed by atoms with Gasteiger partial charge in [-0.25, -0.2) is 0 Å². The summed E-state index contributed by atoms with van der Waals surface area (Å²) < 4.78 is 13.1. The van der Waals surface area contributed by atoms with Crippen molar-refractivity contribution < 1.29 is 8.68 Å². The summed E-state index contributed by atoms with van der Waals surface area (Å²) >= 11 is -0.237. The van der Waals surface area contributed by atoms with Gasteiger partial charge in [-0.15, -0.1) is 8.30 Å². The predicted molar refractivity (Wildman–Crippen MR) is 113 cm³/mol. The highest BCUT2D eigenvalue weighted by Gasteiger charge is 2.16. The number of carbonyl (C=O) groups excluding carboxylic acids is 1. The second-order valence-electron chi connectivity index (χ2n) is 7.07. The highest BCUT2D eigenvalue weighted by atomic mass is 32.2. The number of aromatic nitrogens is 1. The molecule has 28 heavy (non-hydrogen) atoms. The highest BCUT2D eigenvalue weighted by molar-refractivity contribution is 7.92. The number of halogens is 1. The minimum absolute atomic E-state index is 0.237. The molecule has 7 heteroatoms. The molecule has 1 N–H and O–H groups in total. The third-order valence-electron chi connectivity index (χ3n) is 5.12. The molecule has 0 saturated heterocycles. The maximum Gasteiger partial charge on any atom is 0.242 e. The molecule has 1 aromatic heterocycles. The fourth-order valence-corrected chi connectivity index (χ4v) is 3.57. The van der Waals surface area contributed by atoms with Gasteiger partial charge in [-0.2, -0.15) is 5.10 Å². The summed E-state index contributed by atoms with van der Waals surface area (Å²) in [7, 11) is 0. The maximum atomic E-state index is 12.5. The average molecular weight is 401 g/mol. The summed E-state index contributed by atoms with van der Waals surface area (Å²) in [5.74, 6) is 0.614. The molecular weight excluding hydrogens is 375 g/mol. The van der Waals surface area contributed by atoms with Crippen LogP contribution in [0.3, 0.4) is 0 Å². The third kappa shape index (κ3) is 5.55. The fourth-order valence-electron chi connectivity index (χ4n) is 3.45. The molecule has 1 fully saturated rings. The number of hydrogen-bond donors (Lipinski definition) is 1. The van der Waals surface area contributed by atoms with Gasteiger partial charge in [-0.05, 0) is 54.7 Å². The molecule has 1 aromatic carbocycles. The molecule has 1 saturated carbocycles. The number of hydrazone groups is 1. The normalized spacial score (nSPS) is 14.9. The lowest BCUT2D eigenvalue weighted by Crippen LogP contribution is -2.07. The van der Waals surface area contributed by atoms with E-state index in [1.165, 1.54) is 44.0 Å². The maximum absolute atomic E-state index is 12.5. The van der Waals surface area contributed by atoms with Crippen molar-refractivity contribution in [2.75, 3.05) is 5.32 Å². The monoisotopic (exact) mass is 400 g/mol. The highest BCUT2D eigenvalue weighted by Crippen LogP contribution is 2.31. The van der Waals surface area contributed by atoms with Gasteiger partial charge < -0.3 is 5.32 Å². The van der Waals surface area contributed by atoms with Gasteiger partial charge in [0, 0.05) is 30.0 Å². The van der Waals surface area contributed by atoms with Crippen molar-refractivity contribution in [3.8, 4) is 0 Å². The zero-order valence-corrected chi connectivity index (χ0v) is 16.8. The first-order valence-electron chi connectivity index (χ1n) is 9.56. The molecule has 1 heterocycles. The topological polar surface area (TPSA) is 57.6 Å². The van der Waals surface area contributed by atoms with Crippen LogP contribution in [0.15, 0.2) is 41.6 Å². The summed E-state index contributed by atoms with van der Waals surface area (Å²) in [5.41, 5.74) is 5.06. The van der Waals surface area contributed by atoms with E-state index in [0.717, 1.165) is 22.4 Å². The zero-order valence-electron chi connectivity index (χ0n) is 16.0. The Balaban J connectivity index is 1.61. The number of amides is 1. The van der Waals surface area contributed by atoms with Crippen LogP contribution in [0.5, 0.6) is 0 Å². The number of nitrogens with one attached hydrogen (secondary N) is 1. The molecule has 5 nitrogen and oxygen atoms in total. The quantitative estimate of drug-likeness (QED) is 0.280. The van der Waals surface area contributed by atoms with Gasteiger partial charge in [0.25, 0.3) is 0 Å². The van der Waals surface area contributed by atoms with Crippen LogP contribution in [0.25, 0.3) is 0 Å². The molecule has 0 atom stereocenters. The smallest absolute Gasteiger partial charge is 0.242 e. The van der Waals surface area contributed by atoms with Crippen molar-refractivity contribution in [1.29, 1.82) is 0 Å². The Hall–Kier alpha value is -2.41. The fraction of sp³-hybridized carbons (Fsp3) is 0.381. The molecule has 1 aliphatic rings. The average Bonchev–Trinajstić information content (AvgIpc) is 2.75. The Morgan fingerprint density at radius 2 is 2.11 bits per heavy atom. The molecule has 0 bridgehead atoms. The molecule has 2 aromatic rings. The molecule has 0 spiro atoms. The van der Waals surface area contributed by atoms with E-state index in [4.69, 9.17) is 0 Å². The van der Waals surface area contributed by atoms with Crippen LogP contribution < -0.4 is 5.32 Å². The molecule has 0 unspecified atom stereocenters. The van der Waals surface area contributed by atoms with E-state index < -0.39 is 0 Å². The second kappa shape index (κ2) is 10.2. The number of nitrogens with zero attached hydrogens (tertiary/aromatic N) is 3. The van der Waals surface area contributed by atoms with Crippen LogP contribution in [0, 0.1) is 6.92 Å². The lowest BCUT2D eigenvalue weighted by Gasteiger charge is -2.21. The Morgan fingerprint density at radius 1 is 1.29 bits per heavy atom. The summed E-state index contributed by atoms with van der Waals surface area (Å²) in [6.07, 6.45) is 10.2. The zero-order chi connectivity index (χ0) is 19.8. The summed E-state index contributed by atoms with van der Waals surface area (Å²) in [6, 6.07) is 10.2. The Kier molecular flexibility index (Phi) is 7.42. The number of hydrogen-bond acceptors (Lipinski definition) is 5. The van der Waals surface area contributed by atoms with E-state index in [1.807, 2.05) is 31.3 Å². The lowest BCUT2D eigenvalue weighted by atomic mass is 9.86. The largest absolute Gasteiger partial charge is 0.381 e. The summed E-state index contributed by atoms with van der Waals surface area (Å²) in [4.78, 5) is 15.3. The van der Waals surface area contributed by atoms with E-state index in [-0.39, 0.29) is 12.3 Å². The first kappa shape index (κ1) is 20.3. The van der Waals surface area contributed by atoms with Gasteiger partial charge in [-0.1, -0.05) is 31.4 Å². The minimum Gasteiger partial charge on any atom is -0.381 e. The first-order chi connectivity index (χ1) is 13.7. The van der Waals surface area contributed by atoms with E-state index in [0.29, 0.717) is 23.3 Å². The van der Waals surface area contributed by atoms with Gasteiger partial charge in [0.15, 0.2) is 12.3 Å². The van der Waals surface area contributed by atoms with Crippen LogP contribution in [-0.4, -0.2) is 22.0 Å². The van der Waals surface area contributed by atoms with Gasteiger partial charge >= 0.3 is 0 Å².